The monoisotopic (exact) mass is 302 g/mol. The van der Waals surface area contributed by atoms with Crippen LogP contribution in [0.25, 0.3) is 0 Å². The van der Waals surface area contributed by atoms with Gasteiger partial charge < -0.3 is 26.8 Å². The molecule has 0 aromatic carbocycles. The van der Waals surface area contributed by atoms with E-state index >= 15 is 0 Å². The maximum Gasteiger partial charge on any atom is 0.326 e. The van der Waals surface area contributed by atoms with Gasteiger partial charge in [0.25, 0.3) is 0 Å². The average Bonchev–Trinajstić information content (AvgIpc) is 2.32. The van der Waals surface area contributed by atoms with Crippen LogP contribution in [0.5, 0.6) is 0 Å². The third kappa shape index (κ3) is 8.45. The number of amides is 4. The second-order valence-electron chi connectivity index (χ2n) is 4.90. The highest BCUT2D eigenvalue weighted by molar-refractivity contribution is 5.88. The third-order valence-corrected chi connectivity index (χ3v) is 2.45. The normalized spacial score (nSPS) is 13.1. The summed E-state index contributed by atoms with van der Waals surface area (Å²) in [5.74, 6) is -2.33. The van der Waals surface area contributed by atoms with Gasteiger partial charge in [-0.25, -0.2) is 9.59 Å². The highest BCUT2D eigenvalue weighted by Gasteiger charge is 2.22. The molecule has 9 nitrogen and oxygen atoms in total. The fourth-order valence-corrected chi connectivity index (χ4v) is 1.42. The number of carbonyl (C=O) groups excluding carboxylic acids is 3. The van der Waals surface area contributed by atoms with Crippen LogP contribution >= 0.6 is 0 Å². The molecule has 0 aliphatic rings. The molecule has 0 spiro atoms. The SMILES string of the molecule is CC(C)NC(=O)C(C)NC(=O)N[C@@H](CCC(N)=O)C(=O)O. The van der Waals surface area contributed by atoms with Crippen molar-refractivity contribution in [1.82, 2.24) is 16.0 Å². The van der Waals surface area contributed by atoms with Crippen LogP contribution in [-0.2, 0) is 14.4 Å². The first kappa shape index (κ1) is 18.7. The molecule has 1 unspecified atom stereocenters. The summed E-state index contributed by atoms with van der Waals surface area (Å²) in [6, 6.07) is -2.96. The molecule has 4 amide bonds. The Bertz CT molecular complexity index is 410. The molecule has 0 aromatic heterocycles. The summed E-state index contributed by atoms with van der Waals surface area (Å²) >= 11 is 0. The molecular formula is C12H22N4O5. The highest BCUT2D eigenvalue weighted by Crippen LogP contribution is 1.97. The topological polar surface area (TPSA) is 151 Å². The number of aliphatic carboxylic acids is 1. The summed E-state index contributed by atoms with van der Waals surface area (Å²) < 4.78 is 0. The Kier molecular flexibility index (Phi) is 7.80. The van der Waals surface area contributed by atoms with Crippen molar-refractivity contribution in [2.75, 3.05) is 0 Å². The van der Waals surface area contributed by atoms with Crippen molar-refractivity contribution in [1.29, 1.82) is 0 Å². The van der Waals surface area contributed by atoms with E-state index in [9.17, 15) is 19.2 Å². The Morgan fingerprint density at radius 1 is 1.05 bits per heavy atom. The molecular weight excluding hydrogens is 280 g/mol. The second kappa shape index (κ2) is 8.77. The number of nitrogens with two attached hydrogens (primary N) is 1. The molecule has 0 aliphatic heterocycles. The van der Waals surface area contributed by atoms with Gasteiger partial charge in [-0.05, 0) is 27.2 Å². The standard InChI is InChI=1S/C12H22N4O5/c1-6(2)14-10(18)7(3)15-12(21)16-8(11(19)20)4-5-9(13)17/h6-8H,4-5H2,1-3H3,(H2,13,17)(H,14,18)(H,19,20)(H2,15,16,21)/t7?,8-/m0/s1. The molecule has 9 heteroatoms. The van der Waals surface area contributed by atoms with E-state index in [-0.39, 0.29) is 24.8 Å². The Morgan fingerprint density at radius 3 is 2.05 bits per heavy atom. The van der Waals surface area contributed by atoms with Gasteiger partial charge in [-0.1, -0.05) is 0 Å². The fourth-order valence-electron chi connectivity index (χ4n) is 1.42. The quantitative estimate of drug-likeness (QED) is 0.386. The van der Waals surface area contributed by atoms with Gasteiger partial charge in [0.1, 0.15) is 12.1 Å². The highest BCUT2D eigenvalue weighted by atomic mass is 16.4. The van der Waals surface area contributed by atoms with E-state index in [1.165, 1.54) is 6.92 Å². The lowest BCUT2D eigenvalue weighted by Crippen LogP contribution is -2.53. The van der Waals surface area contributed by atoms with Crippen molar-refractivity contribution < 1.29 is 24.3 Å². The predicted octanol–water partition coefficient (Wildman–Crippen LogP) is -1.08. The number of carbonyl (C=O) groups is 4. The zero-order chi connectivity index (χ0) is 16.6. The summed E-state index contributed by atoms with van der Waals surface area (Å²) in [6.07, 6.45) is -0.286. The van der Waals surface area contributed by atoms with Crippen molar-refractivity contribution in [3.63, 3.8) is 0 Å². The number of urea groups is 1. The van der Waals surface area contributed by atoms with Crippen LogP contribution in [0.15, 0.2) is 0 Å². The number of hydrogen-bond acceptors (Lipinski definition) is 4. The van der Waals surface area contributed by atoms with E-state index in [2.05, 4.69) is 16.0 Å². The van der Waals surface area contributed by atoms with Crippen LogP contribution in [-0.4, -0.2) is 47.0 Å². The van der Waals surface area contributed by atoms with E-state index in [0.717, 1.165) is 0 Å². The Hall–Kier alpha value is -2.32. The molecule has 0 aliphatic carbocycles. The maximum atomic E-state index is 11.6. The molecule has 6 N–H and O–H groups in total. The lowest BCUT2D eigenvalue weighted by Gasteiger charge is -2.18. The van der Waals surface area contributed by atoms with Crippen LogP contribution in [0.4, 0.5) is 4.79 Å². The van der Waals surface area contributed by atoms with Crippen molar-refractivity contribution in [3.8, 4) is 0 Å². The van der Waals surface area contributed by atoms with Crippen LogP contribution in [0.3, 0.4) is 0 Å². The molecule has 0 radical (unpaired) electrons. The van der Waals surface area contributed by atoms with Crippen LogP contribution in [0, 0.1) is 0 Å². The molecule has 0 aromatic rings. The zero-order valence-corrected chi connectivity index (χ0v) is 12.3. The second-order valence-corrected chi connectivity index (χ2v) is 4.90. The molecule has 2 atom stereocenters. The lowest BCUT2D eigenvalue weighted by atomic mass is 10.1. The summed E-state index contributed by atoms with van der Waals surface area (Å²) in [5, 5.41) is 16.0. The van der Waals surface area contributed by atoms with Gasteiger partial charge in [-0.15, -0.1) is 0 Å². The van der Waals surface area contributed by atoms with E-state index < -0.39 is 30.0 Å². The zero-order valence-electron chi connectivity index (χ0n) is 12.3. The lowest BCUT2D eigenvalue weighted by molar-refractivity contribution is -0.139. The smallest absolute Gasteiger partial charge is 0.326 e. The average molecular weight is 302 g/mol. The van der Waals surface area contributed by atoms with Crippen molar-refractivity contribution in [3.05, 3.63) is 0 Å². The Morgan fingerprint density at radius 2 is 1.62 bits per heavy atom. The Labute approximate surface area is 122 Å². The first-order valence-electron chi connectivity index (χ1n) is 6.52. The van der Waals surface area contributed by atoms with Crippen molar-refractivity contribution >= 4 is 23.8 Å². The summed E-state index contributed by atoms with van der Waals surface area (Å²) in [7, 11) is 0. The number of nitrogens with one attached hydrogen (secondary N) is 3. The summed E-state index contributed by atoms with van der Waals surface area (Å²) in [4.78, 5) is 44.8. The molecule has 0 fully saturated rings. The molecule has 0 rings (SSSR count). The predicted molar refractivity (Wildman–Crippen MR) is 74.3 cm³/mol. The van der Waals surface area contributed by atoms with Gasteiger partial charge in [0.2, 0.25) is 11.8 Å². The first-order chi connectivity index (χ1) is 9.63. The minimum Gasteiger partial charge on any atom is -0.480 e. The van der Waals surface area contributed by atoms with E-state index in [1.54, 1.807) is 13.8 Å². The van der Waals surface area contributed by atoms with Crippen molar-refractivity contribution in [2.45, 2.75) is 51.7 Å². The molecule has 0 bridgehead atoms. The molecule has 21 heavy (non-hydrogen) atoms. The van der Waals surface area contributed by atoms with Gasteiger partial charge >= 0.3 is 12.0 Å². The van der Waals surface area contributed by atoms with E-state index in [1.807, 2.05) is 0 Å². The van der Waals surface area contributed by atoms with Crippen LogP contribution in [0.2, 0.25) is 0 Å². The van der Waals surface area contributed by atoms with Gasteiger partial charge in [0.15, 0.2) is 0 Å². The van der Waals surface area contributed by atoms with Crippen LogP contribution < -0.4 is 21.7 Å². The maximum absolute atomic E-state index is 11.6. The number of hydrogen-bond donors (Lipinski definition) is 5. The van der Waals surface area contributed by atoms with Crippen molar-refractivity contribution in [2.24, 2.45) is 5.73 Å². The number of primary amides is 1. The largest absolute Gasteiger partial charge is 0.480 e. The third-order valence-electron chi connectivity index (χ3n) is 2.45. The molecule has 0 saturated carbocycles. The minimum absolute atomic E-state index is 0.0767. The van der Waals surface area contributed by atoms with Gasteiger partial charge in [-0.3, -0.25) is 9.59 Å². The van der Waals surface area contributed by atoms with Gasteiger partial charge in [-0.2, -0.15) is 0 Å². The number of carboxylic acids is 1. The van der Waals surface area contributed by atoms with E-state index in [4.69, 9.17) is 10.8 Å². The Balaban J connectivity index is 4.40. The summed E-state index contributed by atoms with van der Waals surface area (Å²) in [5.41, 5.74) is 4.93. The molecule has 120 valence electrons. The van der Waals surface area contributed by atoms with Gasteiger partial charge in [0, 0.05) is 12.5 Å². The summed E-state index contributed by atoms with van der Waals surface area (Å²) in [6.45, 7) is 5.01. The molecule has 0 saturated heterocycles. The minimum atomic E-state index is -1.29. The number of rotatable bonds is 8. The van der Waals surface area contributed by atoms with E-state index in [0.29, 0.717) is 0 Å². The first-order valence-corrected chi connectivity index (χ1v) is 6.52. The van der Waals surface area contributed by atoms with Gasteiger partial charge in [0.05, 0.1) is 0 Å². The molecule has 0 heterocycles. The number of carboxylic acid groups (broad SMARTS) is 1. The fraction of sp³-hybridized carbons (Fsp3) is 0.667. The van der Waals surface area contributed by atoms with Crippen LogP contribution in [0.1, 0.15) is 33.6 Å².